The van der Waals surface area contributed by atoms with Gasteiger partial charge in [0.25, 0.3) is 0 Å². The molecule has 0 bridgehead atoms. The van der Waals surface area contributed by atoms with Crippen molar-refractivity contribution in [3.8, 4) is 5.75 Å². The Morgan fingerprint density at radius 1 is 1.33 bits per heavy atom. The minimum atomic E-state index is -0.623. The van der Waals surface area contributed by atoms with E-state index >= 15 is 0 Å². The highest BCUT2D eigenvalue weighted by Crippen LogP contribution is 2.17. The third-order valence-corrected chi connectivity index (χ3v) is 2.83. The van der Waals surface area contributed by atoms with Gasteiger partial charge in [-0.3, -0.25) is 4.98 Å². The van der Waals surface area contributed by atoms with Crippen LogP contribution in [0.3, 0.4) is 0 Å². The van der Waals surface area contributed by atoms with Gasteiger partial charge >= 0.3 is 5.97 Å². The summed E-state index contributed by atoms with van der Waals surface area (Å²) in [6.07, 6.45) is 1.47. The molecule has 0 spiro atoms. The van der Waals surface area contributed by atoms with E-state index in [1.807, 2.05) is 0 Å². The number of aliphatic hydroxyl groups excluding tert-OH is 1. The second kappa shape index (κ2) is 6.81. The number of hydrogen-bond donors (Lipinski definition) is 1. The molecule has 1 aromatic carbocycles. The summed E-state index contributed by atoms with van der Waals surface area (Å²) in [7, 11) is 1.23. The third-order valence-electron chi connectivity index (χ3n) is 2.83. The van der Waals surface area contributed by atoms with Crippen molar-refractivity contribution >= 4 is 5.97 Å². The molecule has 1 aromatic heterocycles. The van der Waals surface area contributed by atoms with E-state index in [1.54, 1.807) is 12.1 Å². The van der Waals surface area contributed by atoms with Gasteiger partial charge in [0.2, 0.25) is 0 Å². The van der Waals surface area contributed by atoms with Gasteiger partial charge in [-0.25, -0.2) is 9.18 Å². The summed E-state index contributed by atoms with van der Waals surface area (Å²) in [5.74, 6) is -0.665. The van der Waals surface area contributed by atoms with Crippen LogP contribution in [0.25, 0.3) is 0 Å². The van der Waals surface area contributed by atoms with E-state index in [9.17, 15) is 9.18 Å². The van der Waals surface area contributed by atoms with Gasteiger partial charge in [0.05, 0.1) is 31.2 Å². The number of hydrogen-bond acceptors (Lipinski definition) is 5. The number of ether oxygens (including phenoxy) is 2. The highest BCUT2D eigenvalue weighted by Gasteiger charge is 2.13. The first-order valence-electron chi connectivity index (χ1n) is 6.19. The first-order chi connectivity index (χ1) is 10.1. The molecular formula is C15H14FNO4. The minimum absolute atomic E-state index is 0.0743. The van der Waals surface area contributed by atoms with Crippen LogP contribution in [0.1, 0.15) is 21.6 Å². The van der Waals surface area contributed by atoms with Gasteiger partial charge in [-0.05, 0) is 24.3 Å². The molecule has 6 heteroatoms. The predicted molar refractivity (Wildman–Crippen MR) is 72.2 cm³/mol. The van der Waals surface area contributed by atoms with Gasteiger partial charge in [-0.15, -0.1) is 0 Å². The molecule has 1 N–H and O–H groups in total. The Balaban J connectivity index is 2.13. The van der Waals surface area contributed by atoms with Crippen LogP contribution in [-0.4, -0.2) is 23.2 Å². The summed E-state index contributed by atoms with van der Waals surface area (Å²) in [4.78, 5) is 15.6. The number of esters is 1. The SMILES string of the molecule is COC(=O)c1cc(F)ccc1COc1ccc(CO)nc1. The Bertz CT molecular complexity index is 628. The van der Waals surface area contributed by atoms with Crippen molar-refractivity contribution in [1.82, 2.24) is 4.98 Å². The van der Waals surface area contributed by atoms with Crippen molar-refractivity contribution < 1.29 is 23.8 Å². The number of aliphatic hydroxyl groups is 1. The van der Waals surface area contributed by atoms with E-state index in [1.165, 1.54) is 25.4 Å². The number of pyridine rings is 1. The fourth-order valence-corrected chi connectivity index (χ4v) is 1.73. The summed E-state index contributed by atoms with van der Waals surface area (Å²) in [6.45, 7) is -0.0738. The largest absolute Gasteiger partial charge is 0.487 e. The van der Waals surface area contributed by atoms with Crippen molar-refractivity contribution in [1.29, 1.82) is 0 Å². The van der Waals surface area contributed by atoms with E-state index in [2.05, 4.69) is 9.72 Å². The number of carbonyl (C=O) groups excluding carboxylic acids is 1. The normalized spacial score (nSPS) is 10.2. The van der Waals surface area contributed by atoms with E-state index < -0.39 is 11.8 Å². The Labute approximate surface area is 121 Å². The number of nitrogens with zero attached hydrogens (tertiary/aromatic N) is 1. The van der Waals surface area contributed by atoms with Gasteiger partial charge < -0.3 is 14.6 Å². The van der Waals surface area contributed by atoms with Gasteiger partial charge in [-0.1, -0.05) is 6.07 Å². The number of halogens is 1. The Morgan fingerprint density at radius 3 is 2.76 bits per heavy atom. The molecule has 110 valence electrons. The maximum absolute atomic E-state index is 13.2. The average molecular weight is 291 g/mol. The van der Waals surface area contributed by atoms with Gasteiger partial charge in [-0.2, -0.15) is 0 Å². The second-order valence-electron chi connectivity index (χ2n) is 4.23. The molecule has 2 aromatic rings. The molecule has 0 unspecified atom stereocenters. The van der Waals surface area contributed by atoms with Gasteiger partial charge in [0, 0.05) is 5.56 Å². The van der Waals surface area contributed by atoms with Crippen LogP contribution < -0.4 is 4.74 Å². The zero-order valence-electron chi connectivity index (χ0n) is 11.4. The Kier molecular flexibility index (Phi) is 4.84. The van der Waals surface area contributed by atoms with Crippen LogP contribution in [-0.2, 0) is 18.0 Å². The van der Waals surface area contributed by atoms with E-state index in [0.717, 1.165) is 6.07 Å². The molecule has 0 radical (unpaired) electrons. The lowest BCUT2D eigenvalue weighted by Gasteiger charge is -2.10. The lowest BCUT2D eigenvalue weighted by atomic mass is 10.1. The van der Waals surface area contributed by atoms with Crippen molar-refractivity contribution in [3.63, 3.8) is 0 Å². The summed E-state index contributed by atoms with van der Waals surface area (Å²) in [5, 5.41) is 8.90. The first-order valence-corrected chi connectivity index (χ1v) is 6.19. The monoisotopic (exact) mass is 291 g/mol. The molecule has 5 nitrogen and oxygen atoms in total. The van der Waals surface area contributed by atoms with E-state index in [0.29, 0.717) is 17.0 Å². The molecule has 0 amide bonds. The average Bonchev–Trinajstić information content (AvgIpc) is 2.53. The molecule has 0 fully saturated rings. The van der Waals surface area contributed by atoms with Crippen LogP contribution >= 0.6 is 0 Å². The molecule has 0 aliphatic rings. The van der Waals surface area contributed by atoms with Crippen molar-refractivity contribution in [2.24, 2.45) is 0 Å². The molecule has 1 heterocycles. The molecule has 0 saturated carbocycles. The number of methoxy groups -OCH3 is 1. The standard InChI is InChI=1S/C15H14FNO4/c1-20-15(19)14-6-11(16)3-2-10(14)9-21-13-5-4-12(8-18)17-7-13/h2-7,18H,8-9H2,1H3. The maximum atomic E-state index is 13.2. The lowest BCUT2D eigenvalue weighted by molar-refractivity contribution is 0.0597. The zero-order valence-corrected chi connectivity index (χ0v) is 11.4. The van der Waals surface area contributed by atoms with Crippen LogP contribution in [0.5, 0.6) is 5.75 Å². The molecule has 0 aliphatic carbocycles. The van der Waals surface area contributed by atoms with Gasteiger partial charge in [0.1, 0.15) is 18.2 Å². The minimum Gasteiger partial charge on any atom is -0.487 e. The first kappa shape index (κ1) is 14.9. The van der Waals surface area contributed by atoms with E-state index in [4.69, 9.17) is 9.84 Å². The van der Waals surface area contributed by atoms with Crippen molar-refractivity contribution in [2.45, 2.75) is 13.2 Å². The lowest BCUT2D eigenvalue weighted by Crippen LogP contribution is -2.08. The zero-order chi connectivity index (χ0) is 15.2. The fraction of sp³-hybridized carbons (Fsp3) is 0.200. The van der Waals surface area contributed by atoms with Crippen LogP contribution in [0.2, 0.25) is 0 Å². The van der Waals surface area contributed by atoms with Crippen molar-refractivity contribution in [3.05, 3.63) is 59.2 Å². The molecule has 0 saturated heterocycles. The second-order valence-corrected chi connectivity index (χ2v) is 4.23. The van der Waals surface area contributed by atoms with E-state index in [-0.39, 0.29) is 18.8 Å². The summed E-state index contributed by atoms with van der Waals surface area (Å²) in [5.41, 5.74) is 1.16. The predicted octanol–water partition coefficient (Wildman–Crippen LogP) is 2.08. The molecular weight excluding hydrogens is 277 g/mol. The quantitative estimate of drug-likeness (QED) is 0.854. The third kappa shape index (κ3) is 3.76. The molecule has 21 heavy (non-hydrogen) atoms. The molecule has 2 rings (SSSR count). The summed E-state index contributed by atoms with van der Waals surface area (Å²) in [6, 6.07) is 7.11. The maximum Gasteiger partial charge on any atom is 0.338 e. The number of benzene rings is 1. The summed E-state index contributed by atoms with van der Waals surface area (Å²) < 4.78 is 23.3. The number of rotatable bonds is 5. The number of aromatic nitrogens is 1. The molecule has 0 aliphatic heterocycles. The fourth-order valence-electron chi connectivity index (χ4n) is 1.73. The Morgan fingerprint density at radius 2 is 2.14 bits per heavy atom. The van der Waals surface area contributed by atoms with Crippen molar-refractivity contribution in [2.75, 3.05) is 7.11 Å². The van der Waals surface area contributed by atoms with Crippen LogP contribution in [0.4, 0.5) is 4.39 Å². The highest BCUT2D eigenvalue weighted by atomic mass is 19.1. The van der Waals surface area contributed by atoms with Gasteiger partial charge in [0.15, 0.2) is 0 Å². The van der Waals surface area contributed by atoms with Crippen LogP contribution in [0, 0.1) is 5.82 Å². The topological polar surface area (TPSA) is 68.7 Å². The highest BCUT2D eigenvalue weighted by molar-refractivity contribution is 5.90. The Hall–Kier alpha value is -2.47. The van der Waals surface area contributed by atoms with Crippen LogP contribution in [0.15, 0.2) is 36.5 Å². The number of carbonyl (C=O) groups is 1. The summed E-state index contributed by atoms with van der Waals surface area (Å²) >= 11 is 0. The smallest absolute Gasteiger partial charge is 0.338 e. The molecule has 0 atom stereocenters.